The number of aryl methyl sites for hydroxylation is 1. The number of amides is 1. The molecule has 4 rings (SSSR count). The van der Waals surface area contributed by atoms with E-state index in [9.17, 15) is 4.79 Å². The molecular weight excluding hydrogens is 399 g/mol. The van der Waals surface area contributed by atoms with Crippen molar-refractivity contribution in [2.24, 2.45) is 0 Å². The van der Waals surface area contributed by atoms with Crippen LogP contribution in [0.15, 0.2) is 53.1 Å². The maximum Gasteiger partial charge on any atom is 0.259 e. The number of hydrogen-bond acceptors (Lipinski definition) is 5. The van der Waals surface area contributed by atoms with Crippen molar-refractivity contribution in [1.29, 1.82) is 0 Å². The van der Waals surface area contributed by atoms with E-state index in [4.69, 9.17) is 33.5 Å². The maximum absolute atomic E-state index is 13.0. The van der Waals surface area contributed by atoms with Crippen LogP contribution in [-0.4, -0.2) is 16.0 Å². The van der Waals surface area contributed by atoms with Crippen LogP contribution in [0, 0.1) is 6.92 Å². The van der Waals surface area contributed by atoms with Crippen LogP contribution in [-0.2, 0) is 0 Å². The van der Waals surface area contributed by atoms with Gasteiger partial charge in [-0.05, 0) is 25.1 Å². The van der Waals surface area contributed by atoms with E-state index in [-0.39, 0.29) is 27.4 Å². The summed E-state index contributed by atoms with van der Waals surface area (Å²) in [7, 11) is 0. The van der Waals surface area contributed by atoms with Gasteiger partial charge in [0, 0.05) is 11.3 Å². The summed E-state index contributed by atoms with van der Waals surface area (Å²) in [5.74, 6) is -0.368. The zero-order valence-electron chi connectivity index (χ0n) is 14.7. The van der Waals surface area contributed by atoms with Gasteiger partial charge in [-0.1, -0.05) is 58.7 Å². The summed E-state index contributed by atoms with van der Waals surface area (Å²) in [5, 5.41) is 7.80. The minimum Gasteiger partial charge on any atom is -0.396 e. The lowest BCUT2D eigenvalue weighted by Gasteiger charge is -2.10. The van der Waals surface area contributed by atoms with Gasteiger partial charge in [0.2, 0.25) is 0 Å². The van der Waals surface area contributed by atoms with Gasteiger partial charge in [-0.15, -0.1) is 0 Å². The highest BCUT2D eigenvalue weighted by molar-refractivity contribution is 6.39. The third kappa shape index (κ3) is 3.28. The number of aromatic nitrogens is 2. The molecule has 28 heavy (non-hydrogen) atoms. The minimum absolute atomic E-state index is 0.258. The fourth-order valence-corrected chi connectivity index (χ4v) is 3.37. The molecule has 0 bridgehead atoms. The van der Waals surface area contributed by atoms with Gasteiger partial charge in [0.05, 0.1) is 38.1 Å². The fourth-order valence-electron chi connectivity index (χ4n) is 2.89. The number of benzene rings is 2. The average molecular weight is 413 g/mol. The Morgan fingerprint density at radius 2 is 1.79 bits per heavy atom. The Labute approximate surface area is 170 Å². The molecule has 4 aromatic rings. The standard InChI is InChI=1S/C20H14Cl2N4O2/c1-10-17-13(19(27)24-12-7-14(21)18(23)15(22)8-12)9-16(25-20(17)28-26-10)11-5-3-2-4-6-11/h2-9H,23H2,1H3,(H,24,27). The highest BCUT2D eigenvalue weighted by atomic mass is 35.5. The van der Waals surface area contributed by atoms with Crippen molar-refractivity contribution in [3.8, 4) is 11.3 Å². The smallest absolute Gasteiger partial charge is 0.259 e. The molecule has 0 aliphatic carbocycles. The van der Waals surface area contributed by atoms with E-state index in [2.05, 4.69) is 15.5 Å². The number of halogens is 2. The van der Waals surface area contributed by atoms with Crippen LogP contribution in [0.3, 0.4) is 0 Å². The molecule has 140 valence electrons. The molecule has 0 radical (unpaired) electrons. The number of hydrogen-bond donors (Lipinski definition) is 2. The van der Waals surface area contributed by atoms with Gasteiger partial charge in [0.1, 0.15) is 0 Å². The number of rotatable bonds is 3. The first-order valence-corrected chi connectivity index (χ1v) is 9.08. The third-order valence-corrected chi connectivity index (χ3v) is 4.89. The van der Waals surface area contributed by atoms with Crippen molar-refractivity contribution in [2.45, 2.75) is 6.92 Å². The number of nitrogens with two attached hydrogens (primary N) is 1. The van der Waals surface area contributed by atoms with Crippen LogP contribution in [0.25, 0.3) is 22.4 Å². The first-order chi connectivity index (χ1) is 13.4. The molecule has 2 heterocycles. The Balaban J connectivity index is 1.80. The van der Waals surface area contributed by atoms with E-state index in [1.54, 1.807) is 13.0 Å². The lowest BCUT2D eigenvalue weighted by molar-refractivity contribution is 0.102. The largest absolute Gasteiger partial charge is 0.396 e. The van der Waals surface area contributed by atoms with Gasteiger partial charge < -0.3 is 15.6 Å². The van der Waals surface area contributed by atoms with Gasteiger partial charge in [0.15, 0.2) is 0 Å². The summed E-state index contributed by atoms with van der Waals surface area (Å²) in [5.41, 5.74) is 9.13. The number of anilines is 2. The van der Waals surface area contributed by atoms with Crippen molar-refractivity contribution in [3.63, 3.8) is 0 Å². The third-order valence-electron chi connectivity index (χ3n) is 4.27. The number of nitrogen functional groups attached to an aromatic ring is 1. The minimum atomic E-state index is -0.368. The van der Waals surface area contributed by atoms with Gasteiger partial charge in [-0.25, -0.2) is 4.98 Å². The highest BCUT2D eigenvalue weighted by Crippen LogP contribution is 2.32. The summed E-state index contributed by atoms with van der Waals surface area (Å²) in [6.45, 7) is 1.75. The number of nitrogens with one attached hydrogen (secondary N) is 1. The van der Waals surface area contributed by atoms with Gasteiger partial charge in [0.25, 0.3) is 11.6 Å². The van der Waals surface area contributed by atoms with E-state index in [0.29, 0.717) is 28.0 Å². The van der Waals surface area contributed by atoms with Gasteiger partial charge in [-0.3, -0.25) is 4.79 Å². The molecule has 0 spiro atoms. The van der Waals surface area contributed by atoms with Crippen molar-refractivity contribution in [2.75, 3.05) is 11.1 Å². The molecule has 3 N–H and O–H groups in total. The molecular formula is C20H14Cl2N4O2. The molecule has 0 aliphatic rings. The Hall–Kier alpha value is -3.09. The molecule has 0 fully saturated rings. The zero-order chi connectivity index (χ0) is 19.8. The lowest BCUT2D eigenvalue weighted by Crippen LogP contribution is -2.13. The van der Waals surface area contributed by atoms with Crippen LogP contribution in [0.4, 0.5) is 11.4 Å². The molecule has 0 atom stereocenters. The topological polar surface area (TPSA) is 94.0 Å². The van der Waals surface area contributed by atoms with Crippen LogP contribution < -0.4 is 11.1 Å². The zero-order valence-corrected chi connectivity index (χ0v) is 16.2. The predicted molar refractivity (Wildman–Crippen MR) is 111 cm³/mol. The van der Waals surface area contributed by atoms with E-state index in [0.717, 1.165) is 5.56 Å². The highest BCUT2D eigenvalue weighted by Gasteiger charge is 2.20. The molecule has 2 aromatic heterocycles. The summed E-state index contributed by atoms with van der Waals surface area (Å²) < 4.78 is 5.31. The Kier molecular flexibility index (Phi) is 4.66. The first kappa shape index (κ1) is 18.3. The number of fused-ring (bicyclic) bond motifs is 1. The summed E-state index contributed by atoms with van der Waals surface area (Å²) >= 11 is 12.1. The molecule has 2 aromatic carbocycles. The summed E-state index contributed by atoms with van der Waals surface area (Å²) in [4.78, 5) is 17.5. The van der Waals surface area contributed by atoms with Crippen LogP contribution >= 0.6 is 23.2 Å². The average Bonchev–Trinajstić information content (AvgIpc) is 3.07. The predicted octanol–water partition coefficient (Wildman–Crippen LogP) is 5.34. The Morgan fingerprint density at radius 3 is 2.46 bits per heavy atom. The number of carbonyl (C=O) groups excluding carboxylic acids is 1. The van der Waals surface area contributed by atoms with Crippen molar-refractivity contribution >= 4 is 51.6 Å². The van der Waals surface area contributed by atoms with Crippen LogP contribution in [0.2, 0.25) is 10.0 Å². The molecule has 0 unspecified atom stereocenters. The quantitative estimate of drug-likeness (QED) is 0.442. The van der Waals surface area contributed by atoms with E-state index < -0.39 is 0 Å². The Morgan fingerprint density at radius 1 is 1.11 bits per heavy atom. The number of nitrogens with zero attached hydrogens (tertiary/aromatic N) is 2. The van der Waals surface area contributed by atoms with E-state index >= 15 is 0 Å². The Bertz CT molecular complexity index is 1180. The van der Waals surface area contributed by atoms with Crippen molar-refractivity contribution in [3.05, 3.63) is 69.8 Å². The van der Waals surface area contributed by atoms with Crippen molar-refractivity contribution in [1.82, 2.24) is 10.1 Å². The molecule has 1 amide bonds. The van der Waals surface area contributed by atoms with Crippen LogP contribution in [0.1, 0.15) is 16.1 Å². The second-order valence-corrected chi connectivity index (χ2v) is 6.99. The molecule has 0 aliphatic heterocycles. The van der Waals surface area contributed by atoms with E-state index in [1.165, 1.54) is 12.1 Å². The second-order valence-electron chi connectivity index (χ2n) is 6.18. The fraction of sp³-hybridized carbons (Fsp3) is 0.0500. The number of carbonyl (C=O) groups is 1. The first-order valence-electron chi connectivity index (χ1n) is 8.32. The SMILES string of the molecule is Cc1noc2nc(-c3ccccc3)cc(C(=O)Nc3cc(Cl)c(N)c(Cl)c3)c12. The molecule has 6 nitrogen and oxygen atoms in total. The second kappa shape index (κ2) is 7.14. The number of pyridine rings is 1. The maximum atomic E-state index is 13.0. The monoisotopic (exact) mass is 412 g/mol. The normalized spacial score (nSPS) is 11.0. The summed E-state index contributed by atoms with van der Waals surface area (Å²) in [6, 6.07) is 14.3. The van der Waals surface area contributed by atoms with E-state index in [1.807, 2.05) is 30.3 Å². The summed E-state index contributed by atoms with van der Waals surface area (Å²) in [6.07, 6.45) is 0. The molecule has 8 heteroatoms. The van der Waals surface area contributed by atoms with Gasteiger partial charge >= 0.3 is 0 Å². The lowest BCUT2D eigenvalue weighted by atomic mass is 10.0. The molecule has 0 saturated heterocycles. The van der Waals surface area contributed by atoms with Crippen LogP contribution in [0.5, 0.6) is 0 Å². The van der Waals surface area contributed by atoms with Gasteiger partial charge in [-0.2, -0.15) is 0 Å². The molecule has 0 saturated carbocycles. The van der Waals surface area contributed by atoms with Crippen molar-refractivity contribution < 1.29 is 9.32 Å².